The number of allylic oxidation sites excluding steroid dienone is 1. The minimum absolute atomic E-state index is 0.178. The lowest BCUT2D eigenvalue weighted by atomic mass is 9.57. The second-order valence-corrected chi connectivity index (χ2v) is 8.76. The normalized spacial score (nSPS) is 21.9. The molecule has 2 aromatic carbocycles. The Labute approximate surface area is 177 Å². The summed E-state index contributed by atoms with van der Waals surface area (Å²) < 4.78 is 11.3. The van der Waals surface area contributed by atoms with E-state index in [1.807, 2.05) is 70.2 Å². The van der Waals surface area contributed by atoms with E-state index in [-0.39, 0.29) is 30.1 Å². The topological polar surface area (TPSA) is 52.6 Å². The molecule has 0 aromatic heterocycles. The summed E-state index contributed by atoms with van der Waals surface area (Å²) in [5.74, 6) is -0.748. The summed E-state index contributed by atoms with van der Waals surface area (Å²) in [6.45, 7) is 7.43. The van der Waals surface area contributed by atoms with Crippen molar-refractivity contribution in [2.75, 3.05) is 0 Å². The van der Waals surface area contributed by atoms with Crippen LogP contribution >= 0.6 is 0 Å². The molecule has 4 rings (SSSR count). The van der Waals surface area contributed by atoms with Gasteiger partial charge in [0.2, 0.25) is 0 Å². The van der Waals surface area contributed by atoms with Gasteiger partial charge >= 0.3 is 11.9 Å². The average Bonchev–Trinajstić information content (AvgIpc) is 2.70. The monoisotopic (exact) mass is 404 g/mol. The molecule has 0 spiro atoms. The third-order valence-electron chi connectivity index (χ3n) is 6.00. The van der Waals surface area contributed by atoms with E-state index in [1.165, 1.54) is 5.56 Å². The highest BCUT2D eigenvalue weighted by atomic mass is 16.5. The van der Waals surface area contributed by atoms with Crippen LogP contribution in [0.15, 0.2) is 54.6 Å². The van der Waals surface area contributed by atoms with Gasteiger partial charge in [-0.05, 0) is 62.8 Å². The molecule has 2 aliphatic rings. The Morgan fingerprint density at radius 1 is 0.900 bits per heavy atom. The Morgan fingerprint density at radius 2 is 1.53 bits per heavy atom. The van der Waals surface area contributed by atoms with Gasteiger partial charge in [0.1, 0.15) is 5.41 Å². The first-order chi connectivity index (χ1) is 14.3. The van der Waals surface area contributed by atoms with Crippen molar-refractivity contribution in [2.24, 2.45) is 5.92 Å². The smallest absolute Gasteiger partial charge is 0.338 e. The first-order valence-corrected chi connectivity index (χ1v) is 10.6. The molecular weight excluding hydrogens is 376 g/mol. The van der Waals surface area contributed by atoms with Crippen molar-refractivity contribution in [3.8, 4) is 0 Å². The SMILES string of the molecule is CC(C)OC(=O)C1=CC2Cc3ccccc3CC2(C(=O)OC(C)C)c2ccccc21. The summed E-state index contributed by atoms with van der Waals surface area (Å²) in [6.07, 6.45) is 2.75. The van der Waals surface area contributed by atoms with Crippen molar-refractivity contribution in [3.63, 3.8) is 0 Å². The number of ether oxygens (including phenoxy) is 2. The molecule has 4 heteroatoms. The highest BCUT2D eigenvalue weighted by Crippen LogP contribution is 2.50. The van der Waals surface area contributed by atoms with Crippen molar-refractivity contribution in [2.45, 2.75) is 58.2 Å². The van der Waals surface area contributed by atoms with E-state index in [0.29, 0.717) is 18.4 Å². The molecule has 0 fully saturated rings. The van der Waals surface area contributed by atoms with E-state index in [9.17, 15) is 9.59 Å². The fraction of sp³-hybridized carbons (Fsp3) is 0.385. The molecule has 2 aliphatic carbocycles. The second-order valence-electron chi connectivity index (χ2n) is 8.76. The van der Waals surface area contributed by atoms with Crippen LogP contribution in [0.4, 0.5) is 0 Å². The molecule has 0 bridgehead atoms. The zero-order valence-corrected chi connectivity index (χ0v) is 18.0. The van der Waals surface area contributed by atoms with Gasteiger partial charge in [-0.3, -0.25) is 4.79 Å². The molecule has 0 saturated heterocycles. The minimum Gasteiger partial charge on any atom is -0.462 e. The molecule has 2 unspecified atom stereocenters. The molecule has 0 heterocycles. The molecule has 0 N–H and O–H groups in total. The van der Waals surface area contributed by atoms with E-state index < -0.39 is 5.41 Å². The van der Waals surface area contributed by atoms with E-state index in [0.717, 1.165) is 16.7 Å². The van der Waals surface area contributed by atoms with E-state index in [1.54, 1.807) is 0 Å². The number of fused-ring (bicyclic) bond motifs is 4. The Bertz CT molecular complexity index is 1020. The number of hydrogen-bond donors (Lipinski definition) is 0. The fourth-order valence-electron chi connectivity index (χ4n) is 4.77. The lowest BCUT2D eigenvalue weighted by Crippen LogP contribution is -2.51. The number of rotatable bonds is 4. The van der Waals surface area contributed by atoms with Crippen LogP contribution in [-0.2, 0) is 37.3 Å². The van der Waals surface area contributed by atoms with Crippen LogP contribution in [-0.4, -0.2) is 24.1 Å². The van der Waals surface area contributed by atoms with Crippen molar-refractivity contribution >= 4 is 17.5 Å². The Morgan fingerprint density at radius 3 is 2.23 bits per heavy atom. The molecule has 30 heavy (non-hydrogen) atoms. The van der Waals surface area contributed by atoms with Gasteiger partial charge in [0.05, 0.1) is 17.8 Å². The van der Waals surface area contributed by atoms with Crippen LogP contribution in [0.2, 0.25) is 0 Å². The zero-order chi connectivity index (χ0) is 21.5. The summed E-state index contributed by atoms with van der Waals surface area (Å²) in [5.41, 5.74) is 3.68. The predicted octanol–water partition coefficient (Wildman–Crippen LogP) is 4.64. The maximum Gasteiger partial charge on any atom is 0.338 e. The highest BCUT2D eigenvalue weighted by Gasteiger charge is 2.54. The van der Waals surface area contributed by atoms with Crippen molar-refractivity contribution in [1.29, 1.82) is 0 Å². The van der Waals surface area contributed by atoms with Gasteiger partial charge in [-0.2, -0.15) is 0 Å². The molecule has 4 nitrogen and oxygen atoms in total. The van der Waals surface area contributed by atoms with Gasteiger partial charge in [-0.1, -0.05) is 54.6 Å². The van der Waals surface area contributed by atoms with E-state index >= 15 is 0 Å². The van der Waals surface area contributed by atoms with Crippen molar-refractivity contribution < 1.29 is 19.1 Å². The molecule has 156 valence electrons. The van der Waals surface area contributed by atoms with Gasteiger partial charge in [-0.15, -0.1) is 0 Å². The maximum absolute atomic E-state index is 13.6. The van der Waals surface area contributed by atoms with Gasteiger partial charge in [-0.25, -0.2) is 4.79 Å². The summed E-state index contributed by atoms with van der Waals surface area (Å²) in [7, 11) is 0. The number of carbonyl (C=O) groups excluding carboxylic acids is 2. The number of carbonyl (C=O) groups is 2. The summed E-state index contributed by atoms with van der Waals surface area (Å²) >= 11 is 0. The Hall–Kier alpha value is -2.88. The van der Waals surface area contributed by atoms with Crippen molar-refractivity contribution in [1.82, 2.24) is 0 Å². The lowest BCUT2D eigenvalue weighted by Gasteiger charge is -2.45. The predicted molar refractivity (Wildman–Crippen MR) is 116 cm³/mol. The van der Waals surface area contributed by atoms with Gasteiger partial charge in [0.25, 0.3) is 0 Å². The molecule has 0 amide bonds. The third kappa shape index (κ3) is 3.34. The second kappa shape index (κ2) is 7.75. The van der Waals surface area contributed by atoms with Crippen LogP contribution in [0.3, 0.4) is 0 Å². The standard InChI is InChI=1S/C26H28O4/c1-16(2)29-24(27)22-14-20-13-18-9-5-6-10-19(18)15-26(20,25(28)30-17(3)4)23-12-8-7-11-21(22)23/h5-12,14,16-17,20H,13,15H2,1-4H3. The number of hydrogen-bond acceptors (Lipinski definition) is 4. The number of benzene rings is 2. The Kier molecular flexibility index (Phi) is 5.27. The molecule has 0 radical (unpaired) electrons. The minimum atomic E-state index is -0.850. The summed E-state index contributed by atoms with van der Waals surface area (Å²) in [4.78, 5) is 26.6. The fourth-order valence-corrected chi connectivity index (χ4v) is 4.77. The first-order valence-electron chi connectivity index (χ1n) is 10.6. The van der Waals surface area contributed by atoms with Crippen LogP contribution in [0.5, 0.6) is 0 Å². The lowest BCUT2D eigenvalue weighted by molar-refractivity contribution is -0.157. The summed E-state index contributed by atoms with van der Waals surface area (Å²) in [5, 5.41) is 0. The van der Waals surface area contributed by atoms with E-state index in [4.69, 9.17) is 9.47 Å². The Balaban J connectivity index is 1.92. The van der Waals surface area contributed by atoms with Crippen LogP contribution in [0.1, 0.15) is 49.9 Å². The molecule has 0 aliphatic heterocycles. The summed E-state index contributed by atoms with van der Waals surface area (Å²) in [6, 6.07) is 15.9. The van der Waals surface area contributed by atoms with Gasteiger partial charge in [0, 0.05) is 5.92 Å². The van der Waals surface area contributed by atoms with Crippen molar-refractivity contribution in [3.05, 3.63) is 76.9 Å². The molecular formula is C26H28O4. The first kappa shape index (κ1) is 20.4. The quantitative estimate of drug-likeness (QED) is 0.697. The molecule has 2 atom stereocenters. The molecule has 0 saturated carbocycles. The van der Waals surface area contributed by atoms with E-state index in [2.05, 4.69) is 12.1 Å². The van der Waals surface area contributed by atoms with Crippen LogP contribution in [0.25, 0.3) is 5.57 Å². The largest absolute Gasteiger partial charge is 0.462 e. The zero-order valence-electron chi connectivity index (χ0n) is 18.0. The van der Waals surface area contributed by atoms with Crippen LogP contribution < -0.4 is 0 Å². The molecule has 2 aromatic rings. The maximum atomic E-state index is 13.6. The third-order valence-corrected chi connectivity index (χ3v) is 6.00. The van der Waals surface area contributed by atoms with Gasteiger partial charge < -0.3 is 9.47 Å². The van der Waals surface area contributed by atoms with Gasteiger partial charge in [0.15, 0.2) is 0 Å². The number of esters is 2. The highest BCUT2D eigenvalue weighted by molar-refractivity contribution is 6.18. The van der Waals surface area contributed by atoms with Crippen LogP contribution in [0, 0.1) is 5.92 Å². The average molecular weight is 405 g/mol.